The monoisotopic (exact) mass is 668 g/mol. The van der Waals surface area contributed by atoms with E-state index in [0.29, 0.717) is 15.9 Å². The number of hydrogen-bond acceptors (Lipinski definition) is 9. The van der Waals surface area contributed by atoms with Crippen LogP contribution in [0.3, 0.4) is 0 Å². The molecular formula is C29H29BrN6O6S. The summed E-state index contributed by atoms with van der Waals surface area (Å²) in [5.74, 6) is -1.34. The third-order valence-electron chi connectivity index (χ3n) is 5.82. The molecule has 0 saturated carbocycles. The first-order valence-electron chi connectivity index (χ1n) is 13.0. The molecule has 224 valence electrons. The lowest BCUT2D eigenvalue weighted by Crippen LogP contribution is -2.40. The van der Waals surface area contributed by atoms with Gasteiger partial charge in [0.05, 0.1) is 23.1 Å². The average Bonchev–Trinajstić information content (AvgIpc) is 2.96. The number of nitrogens with one attached hydrogen (secondary N) is 1. The van der Waals surface area contributed by atoms with Crippen molar-refractivity contribution in [1.29, 1.82) is 0 Å². The highest BCUT2D eigenvalue weighted by Gasteiger charge is 2.30. The van der Waals surface area contributed by atoms with Crippen molar-refractivity contribution in [2.45, 2.75) is 43.7 Å². The Hall–Kier alpha value is -4.27. The van der Waals surface area contributed by atoms with Gasteiger partial charge in [-0.3, -0.25) is 14.7 Å². The molecule has 4 rings (SSSR count). The van der Waals surface area contributed by atoms with Gasteiger partial charge in [0.15, 0.2) is 0 Å². The maximum atomic E-state index is 13.4. The molecule has 1 atom stereocenters. The van der Waals surface area contributed by atoms with Crippen molar-refractivity contribution in [3.05, 3.63) is 95.0 Å². The van der Waals surface area contributed by atoms with Crippen molar-refractivity contribution in [2.24, 2.45) is 0 Å². The summed E-state index contributed by atoms with van der Waals surface area (Å²) in [5.41, 5.74) is 1.23. The topological polar surface area (TPSA) is 165 Å². The second-order valence-electron chi connectivity index (χ2n) is 10.3. The Morgan fingerprint density at radius 1 is 1.02 bits per heavy atom. The maximum absolute atomic E-state index is 13.4. The molecule has 0 saturated heterocycles. The molecule has 0 spiro atoms. The number of aromatic nitrogens is 4. The number of pyridine rings is 2. The van der Waals surface area contributed by atoms with Gasteiger partial charge in [-0.05, 0) is 73.1 Å². The van der Waals surface area contributed by atoms with E-state index in [1.54, 1.807) is 39.0 Å². The number of sulfonamides is 1. The highest BCUT2D eigenvalue weighted by atomic mass is 79.9. The number of ether oxygens (including phenoxy) is 1. The van der Waals surface area contributed by atoms with Crippen molar-refractivity contribution < 1.29 is 27.9 Å². The van der Waals surface area contributed by atoms with Crippen LogP contribution >= 0.6 is 15.9 Å². The number of halogens is 1. The Kier molecular flexibility index (Phi) is 9.84. The number of aliphatic carboxylic acids is 1. The number of rotatable bonds is 10. The highest BCUT2D eigenvalue weighted by Crippen LogP contribution is 2.29. The lowest BCUT2D eigenvalue weighted by atomic mass is 10.1. The van der Waals surface area contributed by atoms with Crippen LogP contribution < -0.4 is 9.62 Å². The van der Waals surface area contributed by atoms with Gasteiger partial charge in [0.2, 0.25) is 10.0 Å². The van der Waals surface area contributed by atoms with Gasteiger partial charge in [-0.2, -0.15) is 10.2 Å². The van der Waals surface area contributed by atoms with Crippen LogP contribution in [0.4, 0.5) is 10.6 Å². The SMILES string of the molecule is CC(C)(C)OC(=O)N(CC(=O)O)c1ccc(Br)c(C(Cc2ccc(-c3ccccc3)nn2)NS(=O)(=O)c2cccnc2)n1. The van der Waals surface area contributed by atoms with Crippen molar-refractivity contribution in [2.75, 3.05) is 11.4 Å². The van der Waals surface area contributed by atoms with Gasteiger partial charge in [-0.1, -0.05) is 30.3 Å². The Balaban J connectivity index is 1.75. The second kappa shape index (κ2) is 13.4. The van der Waals surface area contributed by atoms with Crippen LogP contribution in [-0.4, -0.2) is 57.9 Å². The van der Waals surface area contributed by atoms with E-state index in [-0.39, 0.29) is 22.8 Å². The second-order valence-corrected chi connectivity index (χ2v) is 12.9. The first-order valence-corrected chi connectivity index (χ1v) is 15.3. The smallest absolute Gasteiger partial charge is 0.416 e. The lowest BCUT2D eigenvalue weighted by molar-refractivity contribution is -0.135. The number of hydrogen-bond donors (Lipinski definition) is 2. The number of amides is 1. The van der Waals surface area contributed by atoms with E-state index in [1.807, 2.05) is 30.3 Å². The molecule has 43 heavy (non-hydrogen) atoms. The number of nitrogens with zero attached hydrogens (tertiary/aromatic N) is 5. The molecular weight excluding hydrogens is 640 g/mol. The summed E-state index contributed by atoms with van der Waals surface area (Å²) in [6.45, 7) is 4.22. The number of carbonyl (C=O) groups is 2. The molecule has 1 amide bonds. The average molecular weight is 670 g/mol. The van der Waals surface area contributed by atoms with E-state index in [4.69, 9.17) is 4.74 Å². The zero-order valence-corrected chi connectivity index (χ0v) is 25.9. The predicted molar refractivity (Wildman–Crippen MR) is 162 cm³/mol. The maximum Gasteiger partial charge on any atom is 0.416 e. The zero-order chi connectivity index (χ0) is 31.2. The molecule has 1 aromatic carbocycles. The zero-order valence-electron chi connectivity index (χ0n) is 23.5. The van der Waals surface area contributed by atoms with Crippen LogP contribution in [0, 0.1) is 0 Å². The van der Waals surface area contributed by atoms with Gasteiger partial charge < -0.3 is 9.84 Å². The molecule has 0 aliphatic rings. The predicted octanol–water partition coefficient (Wildman–Crippen LogP) is 4.78. The lowest BCUT2D eigenvalue weighted by Gasteiger charge is -2.27. The number of anilines is 1. The fourth-order valence-corrected chi connectivity index (χ4v) is 5.59. The standard InChI is InChI=1S/C29H29BrN6O6S/c1-29(2,3)42-28(39)36(18-26(37)38)25-14-12-22(30)27(32-25)24(35-43(40,41)21-10-7-15-31-17-21)16-20-11-13-23(34-33-20)19-8-5-4-6-9-19/h4-15,17,24,35H,16,18H2,1-3H3,(H,37,38). The van der Waals surface area contributed by atoms with Crippen LogP contribution in [0.25, 0.3) is 11.3 Å². The number of carbonyl (C=O) groups excluding carboxylic acids is 1. The van der Waals surface area contributed by atoms with Gasteiger partial charge in [-0.25, -0.2) is 22.9 Å². The summed E-state index contributed by atoms with van der Waals surface area (Å²) in [4.78, 5) is 33.9. The molecule has 0 aliphatic carbocycles. The minimum absolute atomic E-state index is 0.0159. The van der Waals surface area contributed by atoms with Crippen LogP contribution in [0.2, 0.25) is 0 Å². The van der Waals surface area contributed by atoms with Crippen molar-refractivity contribution >= 4 is 43.8 Å². The van der Waals surface area contributed by atoms with Crippen molar-refractivity contribution in [3.63, 3.8) is 0 Å². The Labute approximate surface area is 257 Å². The minimum atomic E-state index is -4.11. The molecule has 0 fully saturated rings. The van der Waals surface area contributed by atoms with Crippen molar-refractivity contribution in [3.8, 4) is 11.3 Å². The van der Waals surface area contributed by atoms with E-state index in [9.17, 15) is 23.1 Å². The summed E-state index contributed by atoms with van der Waals surface area (Å²) in [6.07, 6.45) is 1.76. The Morgan fingerprint density at radius 2 is 1.77 bits per heavy atom. The van der Waals surface area contributed by atoms with Crippen molar-refractivity contribution in [1.82, 2.24) is 24.9 Å². The van der Waals surface area contributed by atoms with Crippen LogP contribution in [0.15, 0.2) is 88.5 Å². The fraction of sp³-hybridized carbons (Fsp3) is 0.241. The molecule has 3 heterocycles. The van der Waals surface area contributed by atoms with E-state index in [2.05, 4.69) is 40.8 Å². The normalized spacial score (nSPS) is 12.4. The molecule has 12 nitrogen and oxygen atoms in total. The molecule has 3 aromatic heterocycles. The summed E-state index contributed by atoms with van der Waals surface area (Å²) in [7, 11) is -4.11. The van der Waals surface area contributed by atoms with Gasteiger partial charge in [0.1, 0.15) is 22.9 Å². The fourth-order valence-electron chi connectivity index (χ4n) is 3.93. The Bertz CT molecular complexity index is 1680. The molecule has 0 bridgehead atoms. The van der Waals surface area contributed by atoms with Crippen LogP contribution in [0.1, 0.15) is 38.2 Å². The van der Waals surface area contributed by atoms with Gasteiger partial charge in [0, 0.05) is 28.9 Å². The van der Waals surface area contributed by atoms with Crippen LogP contribution in [-0.2, 0) is 26.0 Å². The summed E-state index contributed by atoms with van der Waals surface area (Å²) >= 11 is 3.44. The minimum Gasteiger partial charge on any atom is -0.480 e. The van der Waals surface area contributed by atoms with E-state index < -0.39 is 40.3 Å². The molecule has 4 aromatic rings. The molecule has 14 heteroatoms. The summed E-state index contributed by atoms with van der Waals surface area (Å²) < 4.78 is 35.3. The summed E-state index contributed by atoms with van der Waals surface area (Å²) in [5, 5.41) is 18.1. The molecule has 0 radical (unpaired) electrons. The largest absolute Gasteiger partial charge is 0.480 e. The quantitative estimate of drug-likeness (QED) is 0.240. The van der Waals surface area contributed by atoms with Gasteiger partial charge in [0.25, 0.3) is 0 Å². The number of carboxylic acid groups (broad SMARTS) is 1. The summed E-state index contributed by atoms with van der Waals surface area (Å²) in [6, 6.07) is 17.8. The first kappa shape index (κ1) is 31.7. The number of benzene rings is 1. The van der Waals surface area contributed by atoms with Crippen LogP contribution in [0.5, 0.6) is 0 Å². The van der Waals surface area contributed by atoms with E-state index >= 15 is 0 Å². The van der Waals surface area contributed by atoms with Gasteiger partial charge >= 0.3 is 12.1 Å². The highest BCUT2D eigenvalue weighted by molar-refractivity contribution is 9.10. The third kappa shape index (κ3) is 8.63. The van der Waals surface area contributed by atoms with E-state index in [1.165, 1.54) is 30.6 Å². The van der Waals surface area contributed by atoms with E-state index in [0.717, 1.165) is 10.5 Å². The number of carboxylic acids is 1. The third-order valence-corrected chi connectivity index (χ3v) is 7.94. The molecule has 2 N–H and O–H groups in total. The van der Waals surface area contributed by atoms with Gasteiger partial charge in [-0.15, -0.1) is 0 Å². The molecule has 0 aliphatic heterocycles. The molecule has 1 unspecified atom stereocenters. The first-order chi connectivity index (χ1) is 20.3. The Morgan fingerprint density at radius 3 is 2.37 bits per heavy atom.